The molecule has 8 nitrogen and oxygen atoms in total. The minimum absolute atomic E-state index is 0. The number of hydrogen-bond donors (Lipinski definition) is 0. The van der Waals surface area contributed by atoms with Crippen molar-refractivity contribution in [3.8, 4) is 0 Å². The molecule has 0 rings (SSSR count). The van der Waals surface area contributed by atoms with Crippen LogP contribution in [0.2, 0.25) is 0 Å². The number of hydrogen-bond acceptors (Lipinski definition) is 8. The molecule has 0 N–H and O–H groups in total. The van der Waals surface area contributed by atoms with Crippen LogP contribution in [-0.4, -0.2) is 130 Å². The fourth-order valence-corrected chi connectivity index (χ4v) is 0. The zero-order valence-corrected chi connectivity index (χ0v) is 20.3. The number of rotatable bonds is 0. The molecule has 0 aromatic heterocycles. The molecule has 0 saturated heterocycles. The normalized spacial score (nSPS) is 8.57. The molecule has 0 aliphatic carbocycles. The summed E-state index contributed by atoms with van der Waals surface area (Å²) in [6.07, 6.45) is 0. The Labute approximate surface area is 193 Å². The molecule has 0 saturated carbocycles. The van der Waals surface area contributed by atoms with E-state index in [1.807, 2.05) is 0 Å². The van der Waals surface area contributed by atoms with Gasteiger partial charge in [-0.1, -0.05) is 0 Å². The average molecular weight is 459 g/mol. The van der Waals surface area contributed by atoms with Crippen LogP contribution in [0.15, 0.2) is 0 Å². The molecular formula is AlBaNaO8Si2Sr. The van der Waals surface area contributed by atoms with Gasteiger partial charge in [-0.05, 0) is 0 Å². The van der Waals surface area contributed by atoms with Crippen molar-refractivity contribution in [2.24, 2.45) is 0 Å². The summed E-state index contributed by atoms with van der Waals surface area (Å²) < 4.78 is 0. The van der Waals surface area contributed by atoms with Crippen molar-refractivity contribution in [3.05, 3.63) is 0 Å². The quantitative estimate of drug-likeness (QED) is 0.320. The fraction of sp³-hybridized carbons (Fsp3) is 0. The van der Waals surface area contributed by atoms with E-state index >= 15 is 0 Å². The molecule has 0 atom stereocenters. The van der Waals surface area contributed by atoms with Crippen LogP contribution in [0.4, 0.5) is 0 Å². The van der Waals surface area contributed by atoms with Crippen molar-refractivity contribution in [1.29, 1.82) is 0 Å². The Morgan fingerprint density at radius 1 is 0.571 bits per heavy atom. The maximum atomic E-state index is 8.58. The molecule has 0 aliphatic heterocycles. The molecule has 0 spiro atoms. The molecule has 0 aliphatic rings. The van der Waals surface area contributed by atoms with Gasteiger partial charge in [-0.15, -0.1) is 0 Å². The second-order valence-electron chi connectivity index (χ2n) is 1.00. The van der Waals surface area contributed by atoms with Crippen molar-refractivity contribution in [2.75, 3.05) is 0 Å². The standard InChI is InChI=1S/Al.Ba.Na.2O4Si.Sr/c;;;2*1-5(2,3)4;/q+3;+2;+1;2*-4;+2. The Morgan fingerprint density at radius 2 is 0.571 bits per heavy atom. The molecule has 0 bridgehead atoms. The summed E-state index contributed by atoms with van der Waals surface area (Å²) in [4.78, 5) is 68.6. The van der Waals surface area contributed by atoms with Crippen LogP contribution < -0.4 is 67.9 Å². The summed E-state index contributed by atoms with van der Waals surface area (Å²) in [6, 6.07) is 0. The third-order valence-electron chi connectivity index (χ3n) is 0. The predicted octanol–water partition coefficient (Wildman–Crippen LogP) is -14.4. The minimum Gasteiger partial charge on any atom is -0.894 e. The maximum absolute atomic E-state index is 8.58. The summed E-state index contributed by atoms with van der Waals surface area (Å²) in [5, 5.41) is 0. The van der Waals surface area contributed by atoms with Gasteiger partial charge in [-0.25, -0.2) is 0 Å². The van der Waals surface area contributed by atoms with E-state index in [1.54, 1.807) is 0 Å². The van der Waals surface area contributed by atoms with Gasteiger partial charge in [0.05, 0.1) is 0 Å². The Balaban J connectivity index is -0.0000000178. The minimum atomic E-state index is -5.61. The Hall–Kier alpha value is 4.70. The fourth-order valence-electron chi connectivity index (χ4n) is 0. The van der Waals surface area contributed by atoms with Crippen molar-refractivity contribution < 1.29 is 67.9 Å². The Morgan fingerprint density at radius 3 is 0.571 bits per heavy atom. The Bertz CT molecular complexity index is 70.3. The summed E-state index contributed by atoms with van der Waals surface area (Å²) in [5.74, 6) is 0. The second kappa shape index (κ2) is 17.7. The molecule has 0 unspecified atom stereocenters. The van der Waals surface area contributed by atoms with Gasteiger partial charge in [0.25, 0.3) is 0 Å². The van der Waals surface area contributed by atoms with E-state index in [4.69, 9.17) is 38.4 Å². The molecule has 0 radical (unpaired) electrons. The van der Waals surface area contributed by atoms with E-state index in [1.165, 1.54) is 0 Å². The van der Waals surface area contributed by atoms with E-state index in [-0.39, 0.29) is 141 Å². The van der Waals surface area contributed by atoms with Crippen LogP contribution in [0.25, 0.3) is 0 Å². The van der Waals surface area contributed by atoms with Crippen LogP contribution in [0.5, 0.6) is 0 Å². The largest absolute Gasteiger partial charge is 3.00 e. The predicted molar refractivity (Wildman–Crippen MR) is 28.8 cm³/mol. The first-order valence-corrected chi connectivity index (χ1v) is 4.90. The van der Waals surface area contributed by atoms with Gasteiger partial charge in [0.15, 0.2) is 0 Å². The van der Waals surface area contributed by atoms with Crippen LogP contribution in [0, 0.1) is 0 Å². The van der Waals surface area contributed by atoms with Crippen molar-refractivity contribution >= 4 is 130 Å². The van der Waals surface area contributed by atoms with Crippen molar-refractivity contribution in [1.82, 2.24) is 0 Å². The smallest absolute Gasteiger partial charge is 0.894 e. The summed E-state index contributed by atoms with van der Waals surface area (Å²) in [5.41, 5.74) is 0. The second-order valence-corrected chi connectivity index (χ2v) is 3.00. The third kappa shape index (κ3) is 186. The first-order valence-electron chi connectivity index (χ1n) is 1.63. The third-order valence-corrected chi connectivity index (χ3v) is 0. The topological polar surface area (TPSA) is 184 Å². The van der Waals surface area contributed by atoms with Gasteiger partial charge >= 0.3 is 141 Å². The van der Waals surface area contributed by atoms with Crippen LogP contribution in [0.1, 0.15) is 0 Å². The van der Waals surface area contributed by atoms with Crippen molar-refractivity contribution in [3.63, 3.8) is 0 Å². The maximum Gasteiger partial charge on any atom is 3.00 e. The van der Waals surface area contributed by atoms with Gasteiger partial charge in [0, 0.05) is 0 Å². The molecule has 0 amide bonds. The van der Waals surface area contributed by atoms with Crippen molar-refractivity contribution in [2.45, 2.75) is 0 Å². The molecule has 64 valence electrons. The van der Waals surface area contributed by atoms with E-state index in [0.717, 1.165) is 0 Å². The molecular weight excluding hydrogens is 459 g/mol. The first kappa shape index (κ1) is 36.3. The molecule has 0 aromatic carbocycles. The summed E-state index contributed by atoms with van der Waals surface area (Å²) >= 11 is 0. The van der Waals surface area contributed by atoms with E-state index in [9.17, 15) is 0 Å². The monoisotopic (exact) mass is 460 g/mol. The SMILES string of the molecule is [Al+3].[Ba+2].[Na+].[O-][Si]([O-])([O-])[O-].[O-][Si]([O-])([O-])[O-].[Sr+2]. The zero-order valence-electron chi connectivity index (χ0n) is 7.26. The molecule has 14 heavy (non-hydrogen) atoms. The van der Waals surface area contributed by atoms with E-state index in [0.29, 0.717) is 0 Å². The van der Waals surface area contributed by atoms with E-state index < -0.39 is 18.1 Å². The van der Waals surface area contributed by atoms with Gasteiger partial charge in [0.1, 0.15) is 0 Å². The van der Waals surface area contributed by atoms with Crippen LogP contribution in [-0.2, 0) is 0 Å². The van der Waals surface area contributed by atoms with Crippen LogP contribution >= 0.6 is 0 Å². The molecule has 0 heterocycles. The molecule has 14 heteroatoms. The summed E-state index contributed by atoms with van der Waals surface area (Å²) in [6.45, 7) is 0. The zero-order chi connectivity index (χ0) is 9.00. The van der Waals surface area contributed by atoms with Gasteiger partial charge < -0.3 is 56.5 Å². The summed E-state index contributed by atoms with van der Waals surface area (Å²) in [7, 11) is -11.2. The van der Waals surface area contributed by atoms with Crippen LogP contribution in [0.3, 0.4) is 0 Å². The molecule has 0 fully saturated rings. The van der Waals surface area contributed by atoms with E-state index in [2.05, 4.69) is 0 Å². The van der Waals surface area contributed by atoms with Gasteiger partial charge in [-0.3, -0.25) is 0 Å². The first-order chi connectivity index (χ1) is 4.00. The van der Waals surface area contributed by atoms with Gasteiger partial charge in [0.2, 0.25) is 0 Å². The van der Waals surface area contributed by atoms with Gasteiger partial charge in [-0.2, -0.15) is 0 Å². The average Bonchev–Trinajstić information content (AvgIpc) is 1.12. The molecule has 0 aromatic rings. The Kier molecular flexibility index (Phi) is 45.9.